The molecular weight excluding hydrogens is 521 g/mol. The van der Waals surface area contributed by atoms with Crippen molar-refractivity contribution in [2.24, 2.45) is 5.92 Å². The Labute approximate surface area is 227 Å². The van der Waals surface area contributed by atoms with Crippen LogP contribution in [-0.2, 0) is 26.0 Å². The van der Waals surface area contributed by atoms with Crippen molar-refractivity contribution in [2.75, 3.05) is 31.1 Å². The molecule has 2 amide bonds. The van der Waals surface area contributed by atoms with Crippen LogP contribution in [0.1, 0.15) is 18.4 Å². The van der Waals surface area contributed by atoms with Crippen LogP contribution in [0.25, 0.3) is 0 Å². The number of para-hydroxylation sites is 2. The minimum absolute atomic E-state index is 0.00596. The zero-order valence-corrected chi connectivity index (χ0v) is 22.1. The summed E-state index contributed by atoms with van der Waals surface area (Å²) < 4.78 is 47.0. The maximum absolute atomic E-state index is 13.8. The van der Waals surface area contributed by atoms with E-state index in [1.54, 1.807) is 29.2 Å². The van der Waals surface area contributed by atoms with Gasteiger partial charge in [0.15, 0.2) is 6.10 Å². The summed E-state index contributed by atoms with van der Waals surface area (Å²) in [6.45, 7) is 0.729. The van der Waals surface area contributed by atoms with Crippen LogP contribution in [0.4, 0.5) is 10.1 Å². The number of benzene rings is 3. The number of ether oxygens (including phenoxy) is 1. The van der Waals surface area contributed by atoms with Gasteiger partial charge in [-0.25, -0.2) is 12.8 Å². The van der Waals surface area contributed by atoms with Crippen molar-refractivity contribution >= 4 is 27.5 Å². The molecule has 204 valence electrons. The standard InChI is InChI=1S/C29H30FN3O5S/c30-23-12-14-24(15-13-23)39(36,37)32-18-6-9-22(19-32)29(35)33-20-27(38-26-11-5-4-10-25(26)33)28(34)31-17-16-21-7-2-1-3-8-21/h1-5,7-8,10-15,22,27H,6,9,16-20H2,(H,31,34)/t22-,27-/m0/s1. The summed E-state index contributed by atoms with van der Waals surface area (Å²) in [6, 6.07) is 21.5. The molecule has 0 saturated carbocycles. The van der Waals surface area contributed by atoms with Crippen LogP contribution in [0.15, 0.2) is 83.8 Å². The van der Waals surface area contributed by atoms with Gasteiger partial charge >= 0.3 is 0 Å². The number of amides is 2. The molecule has 39 heavy (non-hydrogen) atoms. The quantitative estimate of drug-likeness (QED) is 0.486. The van der Waals surface area contributed by atoms with Gasteiger partial charge in [-0.3, -0.25) is 9.59 Å². The first-order valence-electron chi connectivity index (χ1n) is 13.0. The molecule has 2 aliphatic heterocycles. The number of carbonyl (C=O) groups is 2. The molecule has 8 nitrogen and oxygen atoms in total. The molecule has 1 fully saturated rings. The van der Waals surface area contributed by atoms with E-state index in [-0.39, 0.29) is 36.3 Å². The SMILES string of the molecule is O=C(NCCc1ccccc1)[C@@H]1CN(C(=O)[C@H]2CCCN(S(=O)(=O)c3ccc(F)cc3)C2)c2ccccc2O1. The third kappa shape index (κ3) is 5.97. The van der Waals surface area contributed by atoms with Gasteiger partial charge in [-0.05, 0) is 61.2 Å². The molecule has 0 aromatic heterocycles. The minimum atomic E-state index is -3.89. The van der Waals surface area contributed by atoms with Gasteiger partial charge in [-0.1, -0.05) is 42.5 Å². The zero-order chi connectivity index (χ0) is 27.4. The van der Waals surface area contributed by atoms with Gasteiger partial charge in [0.05, 0.1) is 23.0 Å². The second-order valence-corrected chi connectivity index (χ2v) is 11.6. The fourth-order valence-corrected chi connectivity index (χ4v) is 6.53. The lowest BCUT2D eigenvalue weighted by molar-refractivity contribution is -0.129. The van der Waals surface area contributed by atoms with Crippen LogP contribution in [0.3, 0.4) is 0 Å². The van der Waals surface area contributed by atoms with E-state index in [9.17, 15) is 22.4 Å². The largest absolute Gasteiger partial charge is 0.477 e. The fourth-order valence-electron chi connectivity index (χ4n) is 5.01. The predicted octanol–water partition coefficient (Wildman–Crippen LogP) is 3.38. The second-order valence-electron chi connectivity index (χ2n) is 9.71. The summed E-state index contributed by atoms with van der Waals surface area (Å²) in [4.78, 5) is 28.4. The van der Waals surface area contributed by atoms with Crippen molar-refractivity contribution in [3.63, 3.8) is 0 Å². The minimum Gasteiger partial charge on any atom is -0.477 e. The Morgan fingerprint density at radius 1 is 0.949 bits per heavy atom. The van der Waals surface area contributed by atoms with Crippen LogP contribution in [0, 0.1) is 11.7 Å². The van der Waals surface area contributed by atoms with Crippen LogP contribution in [0.2, 0.25) is 0 Å². The molecule has 1 N–H and O–H groups in total. The first-order chi connectivity index (χ1) is 18.8. The Hall–Kier alpha value is -3.76. The molecule has 10 heteroatoms. The number of nitrogens with one attached hydrogen (secondary N) is 1. The summed E-state index contributed by atoms with van der Waals surface area (Å²) in [5.74, 6) is -1.27. The highest BCUT2D eigenvalue weighted by atomic mass is 32.2. The van der Waals surface area contributed by atoms with E-state index in [1.165, 1.54) is 16.4 Å². The molecule has 0 unspecified atom stereocenters. The molecule has 0 radical (unpaired) electrons. The first-order valence-corrected chi connectivity index (χ1v) is 14.4. The second kappa shape index (κ2) is 11.5. The molecule has 3 aromatic rings. The van der Waals surface area contributed by atoms with E-state index in [2.05, 4.69) is 5.32 Å². The highest BCUT2D eigenvalue weighted by Gasteiger charge is 2.39. The van der Waals surface area contributed by atoms with Gasteiger partial charge in [-0.15, -0.1) is 0 Å². The van der Waals surface area contributed by atoms with E-state index < -0.39 is 27.9 Å². The van der Waals surface area contributed by atoms with Crippen molar-refractivity contribution in [3.8, 4) is 5.75 Å². The third-order valence-electron chi connectivity index (χ3n) is 7.07. The Balaban J connectivity index is 1.29. The lowest BCUT2D eigenvalue weighted by atomic mass is 9.97. The third-order valence-corrected chi connectivity index (χ3v) is 8.95. The van der Waals surface area contributed by atoms with Crippen LogP contribution < -0.4 is 15.0 Å². The number of anilines is 1. The van der Waals surface area contributed by atoms with Crippen molar-refractivity contribution in [1.29, 1.82) is 0 Å². The number of sulfonamides is 1. The summed E-state index contributed by atoms with van der Waals surface area (Å²) in [5.41, 5.74) is 1.65. The van der Waals surface area contributed by atoms with Crippen molar-refractivity contribution in [2.45, 2.75) is 30.3 Å². The van der Waals surface area contributed by atoms with Crippen molar-refractivity contribution in [1.82, 2.24) is 9.62 Å². The molecule has 5 rings (SSSR count). The van der Waals surface area contributed by atoms with Gasteiger partial charge < -0.3 is 15.0 Å². The lowest BCUT2D eigenvalue weighted by Gasteiger charge is -2.38. The van der Waals surface area contributed by atoms with Gasteiger partial charge in [0, 0.05) is 19.6 Å². The number of fused-ring (bicyclic) bond motifs is 1. The van der Waals surface area contributed by atoms with E-state index >= 15 is 0 Å². The molecule has 0 aliphatic carbocycles. The van der Waals surface area contributed by atoms with E-state index in [0.29, 0.717) is 37.2 Å². The maximum Gasteiger partial charge on any atom is 0.262 e. The molecule has 2 heterocycles. The van der Waals surface area contributed by atoms with Gasteiger partial charge in [0.25, 0.3) is 5.91 Å². The summed E-state index contributed by atoms with van der Waals surface area (Å²) in [5, 5.41) is 2.90. The monoisotopic (exact) mass is 551 g/mol. The van der Waals surface area contributed by atoms with Crippen molar-refractivity contribution < 1.29 is 27.1 Å². The molecule has 2 aliphatic rings. The molecule has 2 atom stereocenters. The van der Waals surface area contributed by atoms with Gasteiger partial charge in [0.1, 0.15) is 11.6 Å². The van der Waals surface area contributed by atoms with Crippen LogP contribution in [-0.4, -0.2) is 56.8 Å². The van der Waals surface area contributed by atoms with Crippen LogP contribution in [0.5, 0.6) is 5.75 Å². The Kier molecular flexibility index (Phi) is 7.94. The number of piperidine rings is 1. The van der Waals surface area contributed by atoms with E-state index in [0.717, 1.165) is 17.7 Å². The summed E-state index contributed by atoms with van der Waals surface area (Å²) in [6.07, 6.45) is 0.787. The number of hydrogen-bond donors (Lipinski definition) is 1. The van der Waals surface area contributed by atoms with Crippen molar-refractivity contribution in [3.05, 3.63) is 90.2 Å². The molecule has 0 spiro atoms. The number of halogens is 1. The Morgan fingerprint density at radius 2 is 1.67 bits per heavy atom. The lowest BCUT2D eigenvalue weighted by Crippen LogP contribution is -2.54. The molecule has 0 bridgehead atoms. The normalized spacial score (nSPS) is 19.6. The van der Waals surface area contributed by atoms with E-state index in [1.807, 2.05) is 30.3 Å². The smallest absolute Gasteiger partial charge is 0.262 e. The average Bonchev–Trinajstić information content (AvgIpc) is 2.97. The van der Waals surface area contributed by atoms with Crippen LogP contribution >= 0.6 is 0 Å². The van der Waals surface area contributed by atoms with Gasteiger partial charge in [0.2, 0.25) is 15.9 Å². The fraction of sp³-hybridized carbons (Fsp3) is 0.310. The topological polar surface area (TPSA) is 96.0 Å². The Morgan fingerprint density at radius 3 is 2.44 bits per heavy atom. The number of nitrogens with zero attached hydrogens (tertiary/aromatic N) is 2. The number of rotatable bonds is 7. The Bertz CT molecular complexity index is 1430. The maximum atomic E-state index is 13.8. The highest BCUT2D eigenvalue weighted by Crippen LogP contribution is 2.35. The average molecular weight is 552 g/mol. The highest BCUT2D eigenvalue weighted by molar-refractivity contribution is 7.89. The summed E-state index contributed by atoms with van der Waals surface area (Å²) in [7, 11) is -3.89. The number of carbonyl (C=O) groups excluding carboxylic acids is 2. The van der Waals surface area contributed by atoms with E-state index in [4.69, 9.17) is 4.74 Å². The molecular formula is C29H30FN3O5S. The predicted molar refractivity (Wildman–Crippen MR) is 144 cm³/mol. The molecule has 3 aromatic carbocycles. The number of hydrogen-bond acceptors (Lipinski definition) is 5. The summed E-state index contributed by atoms with van der Waals surface area (Å²) >= 11 is 0. The first kappa shape index (κ1) is 26.8. The zero-order valence-electron chi connectivity index (χ0n) is 21.3. The molecule has 1 saturated heterocycles. The van der Waals surface area contributed by atoms with Gasteiger partial charge in [-0.2, -0.15) is 4.31 Å².